The molecule has 0 aromatic heterocycles. The van der Waals surface area contributed by atoms with Crippen LogP contribution in [-0.4, -0.2) is 49.0 Å². The van der Waals surface area contributed by atoms with E-state index in [0.717, 1.165) is 35.2 Å². The van der Waals surface area contributed by atoms with Crippen molar-refractivity contribution in [1.82, 2.24) is 10.2 Å². The summed E-state index contributed by atoms with van der Waals surface area (Å²) in [5, 5.41) is 5.77. The minimum Gasteiger partial charge on any atom is -0.480 e. The molecule has 0 aliphatic rings. The van der Waals surface area contributed by atoms with Gasteiger partial charge in [-0.25, -0.2) is 0 Å². The number of ether oxygens (including phenoxy) is 1. The average Bonchev–Trinajstić information content (AvgIpc) is 2.74. The number of likely N-dealkylation sites (N-methyl/N-ethyl adjacent to an activating group) is 1. The van der Waals surface area contributed by atoms with E-state index in [1.807, 2.05) is 26.0 Å². The molecule has 2 rings (SSSR count). The average molecular weight is 490 g/mol. The van der Waals surface area contributed by atoms with Crippen molar-refractivity contribution in [3.63, 3.8) is 0 Å². The van der Waals surface area contributed by atoms with E-state index in [2.05, 4.69) is 45.3 Å². The number of rotatable bonds is 10. The number of anilines is 1. The van der Waals surface area contributed by atoms with Crippen LogP contribution in [-0.2, 0) is 4.79 Å². The van der Waals surface area contributed by atoms with Crippen molar-refractivity contribution in [3.8, 4) is 5.75 Å². The van der Waals surface area contributed by atoms with Crippen LogP contribution in [0.3, 0.4) is 0 Å². The molecule has 0 aliphatic carbocycles. The van der Waals surface area contributed by atoms with E-state index in [9.17, 15) is 9.59 Å². The normalized spacial score (nSPS) is 11.8. The second kappa shape index (κ2) is 11.9. The summed E-state index contributed by atoms with van der Waals surface area (Å²) in [6.45, 7) is 13.2. The third-order valence-corrected chi connectivity index (χ3v) is 5.57. The molecule has 2 amide bonds. The van der Waals surface area contributed by atoms with Gasteiger partial charge in [0.1, 0.15) is 5.75 Å². The van der Waals surface area contributed by atoms with E-state index in [1.54, 1.807) is 31.2 Å². The largest absolute Gasteiger partial charge is 0.480 e. The van der Waals surface area contributed by atoms with E-state index in [-0.39, 0.29) is 11.8 Å². The number of hydrogen-bond donors (Lipinski definition) is 2. The van der Waals surface area contributed by atoms with Gasteiger partial charge in [0.05, 0.1) is 0 Å². The van der Waals surface area contributed by atoms with Gasteiger partial charge < -0.3 is 20.3 Å². The van der Waals surface area contributed by atoms with Gasteiger partial charge in [0.25, 0.3) is 11.8 Å². The number of amides is 2. The molecule has 0 fully saturated rings. The molecule has 31 heavy (non-hydrogen) atoms. The molecule has 1 atom stereocenters. The van der Waals surface area contributed by atoms with Crippen LogP contribution in [0.1, 0.15) is 42.3 Å². The fourth-order valence-corrected chi connectivity index (χ4v) is 3.92. The highest BCUT2D eigenvalue weighted by Crippen LogP contribution is 2.28. The second-order valence-electron chi connectivity index (χ2n) is 7.48. The monoisotopic (exact) mass is 489 g/mol. The third-order valence-electron chi connectivity index (χ3n) is 5.11. The van der Waals surface area contributed by atoms with E-state index >= 15 is 0 Å². The molecule has 0 radical (unpaired) electrons. The van der Waals surface area contributed by atoms with Crippen LogP contribution < -0.4 is 15.4 Å². The Balaban J connectivity index is 1.90. The lowest BCUT2D eigenvalue weighted by atomic mass is 10.1. The van der Waals surface area contributed by atoms with Crippen LogP contribution in [0, 0.1) is 13.8 Å². The van der Waals surface area contributed by atoms with Gasteiger partial charge in [-0.2, -0.15) is 0 Å². The van der Waals surface area contributed by atoms with E-state index in [4.69, 9.17) is 4.74 Å². The maximum Gasteiger partial charge on any atom is 0.265 e. The number of nitrogens with one attached hydrogen (secondary N) is 2. The van der Waals surface area contributed by atoms with Crippen molar-refractivity contribution in [1.29, 1.82) is 0 Å². The predicted octanol–water partition coefficient (Wildman–Crippen LogP) is 4.54. The highest BCUT2D eigenvalue weighted by Gasteiger charge is 2.18. The summed E-state index contributed by atoms with van der Waals surface area (Å²) in [7, 11) is 0. The van der Waals surface area contributed by atoms with Gasteiger partial charge in [-0.05, 0) is 81.4 Å². The fraction of sp³-hybridized carbons (Fsp3) is 0.417. The molecule has 1 unspecified atom stereocenters. The molecule has 0 saturated carbocycles. The maximum atomic E-state index is 12.6. The molecular formula is C24H32BrN3O3. The molecule has 0 bridgehead atoms. The van der Waals surface area contributed by atoms with Gasteiger partial charge in [0, 0.05) is 28.8 Å². The zero-order chi connectivity index (χ0) is 23.0. The summed E-state index contributed by atoms with van der Waals surface area (Å²) in [5.41, 5.74) is 3.10. The first-order valence-electron chi connectivity index (χ1n) is 10.6. The molecule has 0 saturated heterocycles. The maximum absolute atomic E-state index is 12.6. The summed E-state index contributed by atoms with van der Waals surface area (Å²) < 4.78 is 6.88. The first-order chi connectivity index (χ1) is 14.7. The Labute approximate surface area is 193 Å². The van der Waals surface area contributed by atoms with Gasteiger partial charge in [-0.3, -0.25) is 9.59 Å². The summed E-state index contributed by atoms with van der Waals surface area (Å²) in [5.74, 6) is 0.337. The first kappa shape index (κ1) is 24.9. The van der Waals surface area contributed by atoms with Crippen LogP contribution in [0.15, 0.2) is 40.9 Å². The van der Waals surface area contributed by atoms with Crippen LogP contribution in [0.25, 0.3) is 0 Å². The molecule has 168 valence electrons. The lowest BCUT2D eigenvalue weighted by Crippen LogP contribution is -2.34. The van der Waals surface area contributed by atoms with Gasteiger partial charge in [0.2, 0.25) is 0 Å². The van der Waals surface area contributed by atoms with Crippen molar-refractivity contribution in [2.45, 2.75) is 40.7 Å². The summed E-state index contributed by atoms with van der Waals surface area (Å²) in [6.07, 6.45) is -0.665. The Hall–Kier alpha value is -2.38. The Kier molecular flexibility index (Phi) is 9.52. The van der Waals surface area contributed by atoms with Gasteiger partial charge in [0.15, 0.2) is 6.10 Å². The van der Waals surface area contributed by atoms with Crippen molar-refractivity contribution >= 4 is 33.4 Å². The highest BCUT2D eigenvalue weighted by molar-refractivity contribution is 9.10. The second-order valence-corrected chi connectivity index (χ2v) is 8.39. The molecule has 2 N–H and O–H groups in total. The summed E-state index contributed by atoms with van der Waals surface area (Å²) >= 11 is 3.46. The number of carbonyl (C=O) groups excluding carboxylic acids is 2. The Morgan fingerprint density at radius 3 is 2.19 bits per heavy atom. The van der Waals surface area contributed by atoms with Crippen LogP contribution in [0.2, 0.25) is 0 Å². The van der Waals surface area contributed by atoms with Crippen molar-refractivity contribution in [2.24, 2.45) is 0 Å². The summed E-state index contributed by atoms with van der Waals surface area (Å²) in [4.78, 5) is 27.1. The molecule has 2 aromatic carbocycles. The molecular weight excluding hydrogens is 458 g/mol. The van der Waals surface area contributed by atoms with E-state index in [0.29, 0.717) is 23.5 Å². The lowest BCUT2D eigenvalue weighted by Gasteiger charge is -2.18. The predicted molar refractivity (Wildman–Crippen MR) is 129 cm³/mol. The number of aryl methyl sites for hydroxylation is 2. The Morgan fingerprint density at radius 2 is 1.65 bits per heavy atom. The van der Waals surface area contributed by atoms with Crippen LogP contribution in [0.4, 0.5) is 5.69 Å². The topological polar surface area (TPSA) is 70.7 Å². The number of hydrogen-bond acceptors (Lipinski definition) is 4. The third kappa shape index (κ3) is 7.36. The Bertz CT molecular complexity index is 872. The first-order valence-corrected chi connectivity index (χ1v) is 11.4. The van der Waals surface area contributed by atoms with Crippen LogP contribution >= 0.6 is 15.9 Å². The minimum absolute atomic E-state index is 0.122. The smallest absolute Gasteiger partial charge is 0.265 e. The Morgan fingerprint density at radius 1 is 1.06 bits per heavy atom. The number of halogens is 1. The number of benzene rings is 2. The molecule has 7 heteroatoms. The SMILES string of the molecule is CCN(CC)CCNC(=O)c1ccc(NC(=O)C(C)Oc2c(C)cc(Br)cc2C)cc1. The molecule has 2 aromatic rings. The zero-order valence-electron chi connectivity index (χ0n) is 18.9. The van der Waals surface area contributed by atoms with Crippen LogP contribution in [0.5, 0.6) is 5.75 Å². The van der Waals surface area contributed by atoms with Crippen molar-refractivity contribution in [3.05, 3.63) is 57.6 Å². The lowest BCUT2D eigenvalue weighted by molar-refractivity contribution is -0.122. The molecule has 0 spiro atoms. The van der Waals surface area contributed by atoms with E-state index in [1.165, 1.54) is 0 Å². The van der Waals surface area contributed by atoms with Gasteiger partial charge in [-0.1, -0.05) is 29.8 Å². The van der Waals surface area contributed by atoms with Gasteiger partial charge in [-0.15, -0.1) is 0 Å². The molecule has 0 aliphatic heterocycles. The molecule has 6 nitrogen and oxygen atoms in total. The van der Waals surface area contributed by atoms with E-state index < -0.39 is 6.10 Å². The summed E-state index contributed by atoms with van der Waals surface area (Å²) in [6, 6.07) is 10.8. The van der Waals surface area contributed by atoms with Crippen molar-refractivity contribution in [2.75, 3.05) is 31.5 Å². The molecule has 0 heterocycles. The minimum atomic E-state index is -0.665. The zero-order valence-corrected chi connectivity index (χ0v) is 20.5. The standard InChI is InChI=1S/C24H32BrN3O3/c1-6-28(7-2)13-12-26-24(30)19-8-10-21(11-9-19)27-23(29)18(5)31-22-16(3)14-20(25)15-17(22)4/h8-11,14-15,18H,6-7,12-13H2,1-5H3,(H,26,30)(H,27,29). The number of carbonyl (C=O) groups is 2. The quantitative estimate of drug-likeness (QED) is 0.513. The highest BCUT2D eigenvalue weighted by atomic mass is 79.9. The van der Waals surface area contributed by atoms with Crippen molar-refractivity contribution < 1.29 is 14.3 Å². The number of nitrogens with zero attached hydrogens (tertiary/aromatic N) is 1. The fourth-order valence-electron chi connectivity index (χ4n) is 3.23. The van der Waals surface area contributed by atoms with Gasteiger partial charge >= 0.3 is 0 Å².